The van der Waals surface area contributed by atoms with E-state index in [2.05, 4.69) is 28.7 Å². The van der Waals surface area contributed by atoms with E-state index in [1.165, 1.54) is 4.88 Å². The Morgan fingerprint density at radius 3 is 2.76 bits per heavy atom. The molecule has 4 nitrogen and oxygen atoms in total. The Morgan fingerprint density at radius 2 is 2.29 bits per heavy atom. The third-order valence-electron chi connectivity index (χ3n) is 3.01. The monoisotopic (exact) mass is 255 g/mol. The van der Waals surface area contributed by atoms with Crippen LogP contribution in [0.15, 0.2) is 17.5 Å². The van der Waals surface area contributed by atoms with Crippen LogP contribution in [0.3, 0.4) is 0 Å². The predicted octanol–water partition coefficient (Wildman–Crippen LogP) is 1.76. The van der Waals surface area contributed by atoms with Crippen LogP contribution < -0.4 is 11.3 Å². The van der Waals surface area contributed by atoms with Crippen molar-refractivity contribution < 1.29 is 4.79 Å². The third-order valence-corrected chi connectivity index (χ3v) is 4.05. The summed E-state index contributed by atoms with van der Waals surface area (Å²) in [5, 5.41) is 2.07. The summed E-state index contributed by atoms with van der Waals surface area (Å²) >= 11 is 1.73. The van der Waals surface area contributed by atoms with E-state index in [1.807, 2.05) is 27.0 Å². The molecule has 0 radical (unpaired) electrons. The van der Waals surface area contributed by atoms with Crippen LogP contribution in [0.25, 0.3) is 0 Å². The summed E-state index contributed by atoms with van der Waals surface area (Å²) in [6, 6.07) is 4.46. The second-order valence-corrected chi connectivity index (χ2v) is 5.94. The Kier molecular flexibility index (Phi) is 4.68. The topological polar surface area (TPSA) is 58.4 Å². The van der Waals surface area contributed by atoms with Gasteiger partial charge in [-0.1, -0.05) is 6.07 Å². The molecule has 0 saturated heterocycles. The van der Waals surface area contributed by atoms with Crippen LogP contribution in [0.4, 0.5) is 0 Å². The standard InChI is InChI=1S/C12H21N3OS/c1-9(10-6-5-7-17-10)15(4)8-12(2,3)11(16)14-13/h5-7,9H,8,13H2,1-4H3,(H,14,16). The van der Waals surface area contributed by atoms with Crippen molar-refractivity contribution in [2.24, 2.45) is 11.3 Å². The normalized spacial score (nSPS) is 13.8. The Labute approximate surface area is 107 Å². The molecule has 1 aromatic heterocycles. The molecule has 3 N–H and O–H groups in total. The van der Waals surface area contributed by atoms with Crippen molar-refractivity contribution in [2.45, 2.75) is 26.8 Å². The van der Waals surface area contributed by atoms with E-state index in [-0.39, 0.29) is 5.91 Å². The van der Waals surface area contributed by atoms with Crippen molar-refractivity contribution in [3.63, 3.8) is 0 Å². The zero-order valence-corrected chi connectivity index (χ0v) is 11.7. The molecule has 0 saturated carbocycles. The molecule has 1 atom stereocenters. The zero-order valence-electron chi connectivity index (χ0n) is 10.9. The number of carbonyl (C=O) groups excluding carboxylic acids is 1. The van der Waals surface area contributed by atoms with Gasteiger partial charge in [0.2, 0.25) is 5.91 Å². The van der Waals surface area contributed by atoms with E-state index in [1.54, 1.807) is 11.3 Å². The van der Waals surface area contributed by atoms with Gasteiger partial charge in [-0.25, -0.2) is 5.84 Å². The minimum atomic E-state index is -0.491. The van der Waals surface area contributed by atoms with Gasteiger partial charge in [0, 0.05) is 17.5 Å². The molecule has 0 aliphatic carbocycles. The summed E-state index contributed by atoms with van der Waals surface area (Å²) in [5.41, 5.74) is 1.73. The highest BCUT2D eigenvalue weighted by atomic mass is 32.1. The van der Waals surface area contributed by atoms with Crippen LogP contribution >= 0.6 is 11.3 Å². The average Bonchev–Trinajstić information content (AvgIpc) is 2.79. The number of hydrogen-bond donors (Lipinski definition) is 2. The van der Waals surface area contributed by atoms with Crippen LogP contribution in [0, 0.1) is 5.41 Å². The van der Waals surface area contributed by atoms with Gasteiger partial charge in [-0.15, -0.1) is 11.3 Å². The van der Waals surface area contributed by atoms with Gasteiger partial charge in [-0.2, -0.15) is 0 Å². The lowest BCUT2D eigenvalue weighted by Crippen LogP contribution is -2.46. The first-order chi connectivity index (χ1) is 7.88. The predicted molar refractivity (Wildman–Crippen MR) is 71.5 cm³/mol. The Hall–Kier alpha value is -0.910. The van der Waals surface area contributed by atoms with Crippen molar-refractivity contribution in [2.75, 3.05) is 13.6 Å². The van der Waals surface area contributed by atoms with Crippen molar-refractivity contribution in [3.8, 4) is 0 Å². The highest BCUT2D eigenvalue weighted by molar-refractivity contribution is 7.10. The largest absolute Gasteiger partial charge is 0.298 e. The molecular formula is C12H21N3OS. The summed E-state index contributed by atoms with van der Waals surface area (Å²) in [6.07, 6.45) is 0. The highest BCUT2D eigenvalue weighted by Gasteiger charge is 2.30. The third kappa shape index (κ3) is 3.52. The molecule has 1 unspecified atom stereocenters. The maximum atomic E-state index is 11.6. The van der Waals surface area contributed by atoms with Crippen LogP contribution in [0.5, 0.6) is 0 Å². The fourth-order valence-electron chi connectivity index (χ4n) is 1.77. The first kappa shape index (κ1) is 14.2. The number of hydrazine groups is 1. The lowest BCUT2D eigenvalue weighted by atomic mass is 9.91. The first-order valence-electron chi connectivity index (χ1n) is 5.63. The van der Waals surface area contributed by atoms with Gasteiger partial charge in [0.1, 0.15) is 0 Å². The maximum Gasteiger partial charge on any atom is 0.240 e. The summed E-state index contributed by atoms with van der Waals surface area (Å²) < 4.78 is 0. The lowest BCUT2D eigenvalue weighted by Gasteiger charge is -2.32. The van der Waals surface area contributed by atoms with E-state index >= 15 is 0 Å². The van der Waals surface area contributed by atoms with E-state index in [0.717, 1.165) is 0 Å². The number of nitrogens with one attached hydrogen (secondary N) is 1. The molecule has 96 valence electrons. The van der Waals surface area contributed by atoms with Crippen LogP contribution in [0.1, 0.15) is 31.7 Å². The quantitative estimate of drug-likeness (QED) is 0.479. The van der Waals surface area contributed by atoms with E-state index in [0.29, 0.717) is 12.6 Å². The van der Waals surface area contributed by atoms with E-state index in [4.69, 9.17) is 5.84 Å². The summed E-state index contributed by atoms with van der Waals surface area (Å²) in [7, 11) is 2.02. The molecular weight excluding hydrogens is 234 g/mol. The zero-order chi connectivity index (χ0) is 13.1. The molecule has 0 aromatic carbocycles. The summed E-state index contributed by atoms with van der Waals surface area (Å²) in [5.74, 6) is 5.05. The van der Waals surface area contributed by atoms with Gasteiger partial charge in [-0.3, -0.25) is 15.1 Å². The van der Waals surface area contributed by atoms with Gasteiger partial charge >= 0.3 is 0 Å². The maximum absolute atomic E-state index is 11.6. The number of amides is 1. The highest BCUT2D eigenvalue weighted by Crippen LogP contribution is 2.26. The van der Waals surface area contributed by atoms with Gasteiger partial charge in [0.15, 0.2) is 0 Å². The minimum Gasteiger partial charge on any atom is -0.298 e. The molecule has 17 heavy (non-hydrogen) atoms. The molecule has 0 fully saturated rings. The molecule has 0 bridgehead atoms. The molecule has 0 aliphatic rings. The molecule has 1 rings (SSSR count). The lowest BCUT2D eigenvalue weighted by molar-refractivity contribution is -0.130. The fourth-order valence-corrected chi connectivity index (χ4v) is 2.62. The van der Waals surface area contributed by atoms with Gasteiger partial charge in [-0.05, 0) is 39.3 Å². The van der Waals surface area contributed by atoms with Crippen molar-refractivity contribution in [1.82, 2.24) is 10.3 Å². The van der Waals surface area contributed by atoms with E-state index in [9.17, 15) is 4.79 Å². The molecule has 1 amide bonds. The van der Waals surface area contributed by atoms with Gasteiger partial charge in [0.25, 0.3) is 0 Å². The fraction of sp³-hybridized carbons (Fsp3) is 0.583. The van der Waals surface area contributed by atoms with E-state index < -0.39 is 5.41 Å². The Morgan fingerprint density at radius 1 is 1.65 bits per heavy atom. The number of hydrogen-bond acceptors (Lipinski definition) is 4. The van der Waals surface area contributed by atoms with Crippen LogP contribution in [-0.4, -0.2) is 24.4 Å². The molecule has 0 aliphatic heterocycles. The van der Waals surface area contributed by atoms with Crippen molar-refractivity contribution in [1.29, 1.82) is 0 Å². The first-order valence-corrected chi connectivity index (χ1v) is 6.51. The Balaban J connectivity index is 2.66. The summed E-state index contributed by atoms with van der Waals surface area (Å²) in [6.45, 7) is 6.59. The Bertz CT molecular complexity index is 362. The average molecular weight is 255 g/mol. The van der Waals surface area contributed by atoms with Gasteiger partial charge < -0.3 is 0 Å². The van der Waals surface area contributed by atoms with Crippen LogP contribution in [0.2, 0.25) is 0 Å². The smallest absolute Gasteiger partial charge is 0.240 e. The number of carbonyl (C=O) groups is 1. The molecule has 1 aromatic rings. The van der Waals surface area contributed by atoms with Crippen molar-refractivity contribution in [3.05, 3.63) is 22.4 Å². The minimum absolute atomic E-state index is 0.136. The molecule has 5 heteroatoms. The summed E-state index contributed by atoms with van der Waals surface area (Å²) in [4.78, 5) is 15.1. The second-order valence-electron chi connectivity index (χ2n) is 4.96. The second kappa shape index (κ2) is 5.62. The number of rotatable bonds is 5. The molecule has 0 spiro atoms. The number of thiophene rings is 1. The van der Waals surface area contributed by atoms with Gasteiger partial charge in [0.05, 0.1) is 5.41 Å². The molecule has 1 heterocycles. The van der Waals surface area contributed by atoms with Crippen LogP contribution in [-0.2, 0) is 4.79 Å². The number of nitrogens with two attached hydrogens (primary N) is 1. The SMILES string of the molecule is CC(c1cccs1)N(C)CC(C)(C)C(=O)NN. The number of nitrogens with zero attached hydrogens (tertiary/aromatic N) is 1. The van der Waals surface area contributed by atoms with Crippen molar-refractivity contribution >= 4 is 17.2 Å².